The molecule has 0 radical (unpaired) electrons. The Balaban J connectivity index is 1.69. The number of hydrogen-bond donors (Lipinski definition) is 1. The van der Waals surface area contributed by atoms with Crippen LogP contribution in [0.2, 0.25) is 0 Å². The Morgan fingerprint density at radius 1 is 0.963 bits per heavy atom. The largest absolute Gasteiger partial charge is 0.484 e. The van der Waals surface area contributed by atoms with Gasteiger partial charge in [0.05, 0.1) is 4.90 Å². The molecule has 3 aromatic rings. The Morgan fingerprint density at radius 2 is 1.63 bits per heavy atom. The third kappa shape index (κ3) is 4.96. The first-order valence-corrected chi connectivity index (χ1v) is 10.8. The van der Waals surface area contributed by atoms with Crippen LogP contribution in [0.15, 0.2) is 83.1 Å². The minimum atomic E-state index is -3.63. The highest BCUT2D eigenvalue weighted by atomic mass is 32.2. The Kier molecular flexibility index (Phi) is 6.26. The van der Waals surface area contributed by atoms with Gasteiger partial charge >= 0.3 is 0 Å². The Bertz CT molecular complexity index is 956. The Hall–Kier alpha value is -2.64. The summed E-state index contributed by atoms with van der Waals surface area (Å²) in [6, 6.07) is 20.8. The van der Waals surface area contributed by atoms with Crippen LogP contribution in [0.4, 0.5) is 0 Å². The van der Waals surface area contributed by atoms with E-state index in [1.807, 2.05) is 23.6 Å². The predicted octanol–water partition coefficient (Wildman–Crippen LogP) is 3.46. The van der Waals surface area contributed by atoms with E-state index in [-0.39, 0.29) is 24.0 Å². The summed E-state index contributed by atoms with van der Waals surface area (Å²) in [5, 5.41) is 3.66. The van der Waals surface area contributed by atoms with E-state index in [9.17, 15) is 13.2 Å². The van der Waals surface area contributed by atoms with Crippen molar-refractivity contribution in [2.24, 2.45) is 0 Å². The molecule has 0 bridgehead atoms. The topological polar surface area (TPSA) is 72.5 Å². The number of sulfone groups is 1. The average Bonchev–Trinajstić information content (AvgIpc) is 3.22. The molecule has 1 amide bonds. The van der Waals surface area contributed by atoms with Crippen LogP contribution >= 0.6 is 11.3 Å². The van der Waals surface area contributed by atoms with Crippen molar-refractivity contribution in [3.8, 4) is 5.75 Å². The first kappa shape index (κ1) is 19.1. The molecule has 0 aliphatic carbocycles. The maximum atomic E-state index is 13.0. The number of ether oxygens (including phenoxy) is 1. The van der Waals surface area contributed by atoms with Crippen LogP contribution in [0.25, 0.3) is 0 Å². The minimum Gasteiger partial charge on any atom is -0.484 e. The van der Waals surface area contributed by atoms with Crippen LogP contribution in [0.1, 0.15) is 10.1 Å². The molecule has 5 nitrogen and oxygen atoms in total. The molecule has 1 aromatic heterocycles. The van der Waals surface area contributed by atoms with Crippen LogP contribution in [-0.2, 0) is 14.6 Å². The van der Waals surface area contributed by atoms with Crippen molar-refractivity contribution >= 4 is 27.1 Å². The molecular formula is C20H19NO4S2. The van der Waals surface area contributed by atoms with Crippen molar-refractivity contribution in [1.82, 2.24) is 5.32 Å². The molecule has 1 heterocycles. The average molecular weight is 402 g/mol. The van der Waals surface area contributed by atoms with Crippen molar-refractivity contribution in [1.29, 1.82) is 0 Å². The lowest BCUT2D eigenvalue weighted by Gasteiger charge is -2.17. The van der Waals surface area contributed by atoms with Crippen LogP contribution in [-0.4, -0.2) is 27.5 Å². The fourth-order valence-corrected chi connectivity index (χ4v) is 5.34. The molecule has 1 atom stereocenters. The molecule has 2 aromatic carbocycles. The highest BCUT2D eigenvalue weighted by Crippen LogP contribution is 2.31. The number of hydrogen-bond acceptors (Lipinski definition) is 5. The number of nitrogens with one attached hydrogen (secondary N) is 1. The molecule has 1 N–H and O–H groups in total. The standard InChI is InChI=1S/C20H19NO4S2/c22-20(15-25-16-8-3-1-4-9-16)21-14-19(18-12-7-13-26-18)27(23,24)17-10-5-2-6-11-17/h1-13,19H,14-15H2,(H,21,22)/t19-/m0/s1. The molecule has 0 fully saturated rings. The van der Waals surface area contributed by atoms with Crippen molar-refractivity contribution in [2.45, 2.75) is 10.1 Å². The number of carbonyl (C=O) groups is 1. The van der Waals surface area contributed by atoms with Gasteiger partial charge in [-0.05, 0) is 35.7 Å². The molecule has 0 saturated carbocycles. The lowest BCUT2D eigenvalue weighted by molar-refractivity contribution is -0.123. The van der Waals surface area contributed by atoms with E-state index < -0.39 is 15.1 Å². The van der Waals surface area contributed by atoms with Crippen LogP contribution in [0, 0.1) is 0 Å². The van der Waals surface area contributed by atoms with Gasteiger partial charge in [-0.3, -0.25) is 4.79 Å². The fourth-order valence-electron chi connectivity index (χ4n) is 2.54. The van der Waals surface area contributed by atoms with Crippen LogP contribution < -0.4 is 10.1 Å². The van der Waals surface area contributed by atoms with Gasteiger partial charge in [0, 0.05) is 11.4 Å². The lowest BCUT2D eigenvalue weighted by Crippen LogP contribution is -2.34. The molecule has 0 saturated heterocycles. The van der Waals surface area contributed by atoms with Crippen molar-refractivity contribution in [3.63, 3.8) is 0 Å². The van der Waals surface area contributed by atoms with Crippen molar-refractivity contribution in [3.05, 3.63) is 83.1 Å². The SMILES string of the molecule is O=C(COc1ccccc1)NC[C@@H](c1cccs1)S(=O)(=O)c1ccccc1. The zero-order valence-electron chi connectivity index (χ0n) is 14.4. The normalized spacial score (nSPS) is 12.3. The molecule has 140 valence electrons. The predicted molar refractivity (Wildman–Crippen MR) is 106 cm³/mol. The molecule has 7 heteroatoms. The van der Waals surface area contributed by atoms with E-state index in [1.165, 1.54) is 11.3 Å². The van der Waals surface area contributed by atoms with E-state index in [4.69, 9.17) is 4.74 Å². The molecule has 27 heavy (non-hydrogen) atoms. The van der Waals surface area contributed by atoms with Gasteiger partial charge in [0.2, 0.25) is 0 Å². The van der Waals surface area contributed by atoms with E-state index in [0.717, 1.165) is 0 Å². The van der Waals surface area contributed by atoms with Gasteiger partial charge < -0.3 is 10.1 Å². The van der Waals surface area contributed by atoms with E-state index in [1.54, 1.807) is 54.6 Å². The van der Waals surface area contributed by atoms with Gasteiger partial charge in [0.1, 0.15) is 11.0 Å². The van der Waals surface area contributed by atoms with E-state index in [2.05, 4.69) is 5.32 Å². The summed E-state index contributed by atoms with van der Waals surface area (Å²) in [7, 11) is -3.63. The summed E-state index contributed by atoms with van der Waals surface area (Å²) >= 11 is 1.35. The van der Waals surface area contributed by atoms with E-state index in [0.29, 0.717) is 10.6 Å². The summed E-state index contributed by atoms with van der Waals surface area (Å²) in [4.78, 5) is 13.0. The maximum absolute atomic E-state index is 13.0. The Morgan fingerprint density at radius 3 is 2.26 bits per heavy atom. The lowest BCUT2D eigenvalue weighted by atomic mass is 10.3. The quantitative estimate of drug-likeness (QED) is 0.627. The van der Waals surface area contributed by atoms with Gasteiger partial charge in [-0.1, -0.05) is 42.5 Å². The molecular weight excluding hydrogens is 382 g/mol. The molecule has 0 aliphatic heterocycles. The monoisotopic (exact) mass is 401 g/mol. The van der Waals surface area contributed by atoms with Crippen molar-refractivity contribution < 1.29 is 17.9 Å². The summed E-state index contributed by atoms with van der Waals surface area (Å²) in [6.45, 7) is -0.193. The first-order chi connectivity index (χ1) is 13.1. The zero-order valence-corrected chi connectivity index (χ0v) is 16.1. The highest BCUT2D eigenvalue weighted by Gasteiger charge is 2.30. The number of rotatable bonds is 8. The third-order valence-corrected chi connectivity index (χ3v) is 7.14. The van der Waals surface area contributed by atoms with Gasteiger partial charge in [-0.2, -0.15) is 0 Å². The number of amides is 1. The summed E-state index contributed by atoms with van der Waals surface area (Å²) in [6.07, 6.45) is 0. The summed E-state index contributed by atoms with van der Waals surface area (Å²) in [5.74, 6) is 0.211. The Labute approximate surface area is 162 Å². The maximum Gasteiger partial charge on any atom is 0.257 e. The number of thiophene rings is 1. The molecule has 0 spiro atoms. The highest BCUT2D eigenvalue weighted by molar-refractivity contribution is 7.91. The number of para-hydroxylation sites is 1. The molecule has 0 unspecified atom stereocenters. The third-order valence-electron chi connectivity index (χ3n) is 3.90. The summed E-state index contributed by atoms with van der Waals surface area (Å²) < 4.78 is 31.5. The van der Waals surface area contributed by atoms with Gasteiger partial charge in [-0.25, -0.2) is 8.42 Å². The zero-order chi connectivity index (χ0) is 19.1. The van der Waals surface area contributed by atoms with Gasteiger partial charge in [0.15, 0.2) is 16.4 Å². The van der Waals surface area contributed by atoms with Crippen LogP contribution in [0.3, 0.4) is 0 Å². The minimum absolute atomic E-state index is 0.0191. The van der Waals surface area contributed by atoms with Crippen LogP contribution in [0.5, 0.6) is 5.75 Å². The van der Waals surface area contributed by atoms with Gasteiger partial charge in [0.25, 0.3) is 5.91 Å². The second kappa shape index (κ2) is 8.83. The molecule has 3 rings (SSSR count). The number of carbonyl (C=O) groups excluding carboxylic acids is 1. The summed E-state index contributed by atoms with van der Waals surface area (Å²) in [5.41, 5.74) is 0. The first-order valence-electron chi connectivity index (χ1n) is 8.34. The second-order valence-corrected chi connectivity index (χ2v) is 8.88. The van der Waals surface area contributed by atoms with E-state index >= 15 is 0 Å². The number of benzene rings is 2. The van der Waals surface area contributed by atoms with Crippen molar-refractivity contribution in [2.75, 3.05) is 13.2 Å². The van der Waals surface area contributed by atoms with Gasteiger partial charge in [-0.15, -0.1) is 11.3 Å². The fraction of sp³-hybridized carbons (Fsp3) is 0.150. The second-order valence-electron chi connectivity index (χ2n) is 5.77. The molecule has 0 aliphatic rings. The smallest absolute Gasteiger partial charge is 0.257 e.